The summed E-state index contributed by atoms with van der Waals surface area (Å²) in [6.45, 7) is 2.37. The van der Waals surface area contributed by atoms with Gasteiger partial charge in [0.15, 0.2) is 5.78 Å². The van der Waals surface area contributed by atoms with Crippen LogP contribution in [0.5, 0.6) is 0 Å². The first-order valence-electron chi connectivity index (χ1n) is 5.31. The molecule has 0 aromatic carbocycles. The number of hydrogen-bond acceptors (Lipinski definition) is 2. The van der Waals surface area contributed by atoms with Gasteiger partial charge in [0.2, 0.25) is 0 Å². The molecular formula is C12H15N3O. The van der Waals surface area contributed by atoms with Gasteiger partial charge in [-0.3, -0.25) is 4.79 Å². The van der Waals surface area contributed by atoms with Crippen molar-refractivity contribution in [3.05, 3.63) is 42.2 Å². The van der Waals surface area contributed by atoms with Crippen LogP contribution >= 0.6 is 0 Å². The van der Waals surface area contributed by atoms with Crippen LogP contribution in [-0.2, 0) is 20.0 Å². The smallest absolute Gasteiger partial charge is 0.176 e. The number of carbonyl (C=O) groups is 1. The van der Waals surface area contributed by atoms with Crippen molar-refractivity contribution in [3.8, 4) is 0 Å². The van der Waals surface area contributed by atoms with Crippen LogP contribution < -0.4 is 0 Å². The number of imidazole rings is 1. The summed E-state index contributed by atoms with van der Waals surface area (Å²) in [6, 6.07) is 3.75. The lowest BCUT2D eigenvalue weighted by Gasteiger charge is -2.06. The van der Waals surface area contributed by atoms with E-state index in [1.165, 1.54) is 0 Å². The fourth-order valence-electron chi connectivity index (χ4n) is 1.79. The summed E-state index contributed by atoms with van der Waals surface area (Å²) in [6.07, 6.45) is 6.48. The van der Waals surface area contributed by atoms with Crippen molar-refractivity contribution in [1.29, 1.82) is 0 Å². The lowest BCUT2D eigenvalue weighted by molar-refractivity contribution is 0.100. The summed E-state index contributed by atoms with van der Waals surface area (Å²) in [7, 11) is 1.98. The molecule has 4 heteroatoms. The number of rotatable bonds is 4. The molecule has 84 valence electrons. The molecule has 2 aromatic heterocycles. The van der Waals surface area contributed by atoms with Gasteiger partial charge < -0.3 is 9.13 Å². The third kappa shape index (κ3) is 2.05. The Morgan fingerprint density at radius 3 is 2.88 bits per heavy atom. The average Bonchev–Trinajstić information content (AvgIpc) is 2.83. The van der Waals surface area contributed by atoms with Gasteiger partial charge in [-0.2, -0.15) is 0 Å². The van der Waals surface area contributed by atoms with Crippen LogP contribution in [0.4, 0.5) is 0 Å². The topological polar surface area (TPSA) is 39.8 Å². The fraction of sp³-hybridized carbons (Fsp3) is 0.333. The average molecular weight is 217 g/mol. The van der Waals surface area contributed by atoms with Crippen molar-refractivity contribution in [2.75, 3.05) is 0 Å². The molecular weight excluding hydrogens is 202 g/mol. The Hall–Kier alpha value is -1.84. The van der Waals surface area contributed by atoms with E-state index < -0.39 is 0 Å². The third-order valence-electron chi connectivity index (χ3n) is 2.69. The molecule has 0 atom stereocenters. The number of Topliss-reactive ketones (excluding diaryl/α,β-unsaturated/α-hetero) is 1. The number of aromatic nitrogens is 3. The van der Waals surface area contributed by atoms with Crippen molar-refractivity contribution in [1.82, 2.24) is 14.1 Å². The maximum absolute atomic E-state index is 11.3. The zero-order chi connectivity index (χ0) is 11.5. The third-order valence-corrected chi connectivity index (χ3v) is 2.69. The van der Waals surface area contributed by atoms with Crippen molar-refractivity contribution < 1.29 is 4.79 Å². The first-order chi connectivity index (χ1) is 7.68. The van der Waals surface area contributed by atoms with Crippen LogP contribution in [0.2, 0.25) is 0 Å². The highest BCUT2D eigenvalue weighted by atomic mass is 16.1. The predicted molar refractivity (Wildman–Crippen MR) is 61.3 cm³/mol. The molecule has 0 unspecified atom stereocenters. The van der Waals surface area contributed by atoms with Gasteiger partial charge in [-0.15, -0.1) is 0 Å². The molecule has 0 aliphatic carbocycles. The molecule has 0 amide bonds. The van der Waals surface area contributed by atoms with Gasteiger partial charge in [0.1, 0.15) is 5.82 Å². The summed E-state index contributed by atoms with van der Waals surface area (Å²) in [5.41, 5.74) is 0.759. The van der Waals surface area contributed by atoms with E-state index in [0.29, 0.717) is 0 Å². The number of carbonyl (C=O) groups excluding carboxylic acids is 1. The Kier molecular flexibility index (Phi) is 2.90. The highest BCUT2D eigenvalue weighted by Crippen LogP contribution is 2.05. The van der Waals surface area contributed by atoms with Crippen molar-refractivity contribution in [2.24, 2.45) is 7.05 Å². The van der Waals surface area contributed by atoms with Crippen LogP contribution in [0.3, 0.4) is 0 Å². The maximum atomic E-state index is 11.3. The molecule has 0 spiro atoms. The van der Waals surface area contributed by atoms with Gasteiger partial charge in [0, 0.05) is 45.5 Å². The second-order valence-electron chi connectivity index (χ2n) is 3.85. The van der Waals surface area contributed by atoms with Gasteiger partial charge in [0.05, 0.1) is 5.69 Å². The highest BCUT2D eigenvalue weighted by Gasteiger charge is 2.06. The highest BCUT2D eigenvalue weighted by molar-refractivity contribution is 5.92. The predicted octanol–water partition coefficient (Wildman–Crippen LogP) is 1.67. The Morgan fingerprint density at radius 2 is 2.25 bits per heavy atom. The van der Waals surface area contributed by atoms with Gasteiger partial charge in [-0.1, -0.05) is 0 Å². The molecule has 2 aromatic rings. The summed E-state index contributed by atoms with van der Waals surface area (Å²) in [4.78, 5) is 15.6. The number of ketones is 1. The minimum atomic E-state index is 0.102. The number of hydrogen-bond donors (Lipinski definition) is 0. The van der Waals surface area contributed by atoms with Gasteiger partial charge in [-0.25, -0.2) is 4.98 Å². The Morgan fingerprint density at radius 1 is 1.44 bits per heavy atom. The minimum absolute atomic E-state index is 0.102. The van der Waals surface area contributed by atoms with E-state index in [1.807, 2.05) is 40.7 Å². The van der Waals surface area contributed by atoms with Crippen molar-refractivity contribution in [3.63, 3.8) is 0 Å². The molecule has 0 N–H and O–H groups in total. The molecule has 16 heavy (non-hydrogen) atoms. The van der Waals surface area contributed by atoms with E-state index in [1.54, 1.807) is 13.1 Å². The summed E-state index contributed by atoms with van der Waals surface area (Å²) in [5, 5.41) is 0. The molecule has 4 nitrogen and oxygen atoms in total. The molecule has 2 rings (SSSR count). The molecule has 0 radical (unpaired) electrons. The summed E-state index contributed by atoms with van der Waals surface area (Å²) in [5.74, 6) is 1.13. The van der Waals surface area contributed by atoms with Gasteiger partial charge >= 0.3 is 0 Å². The Labute approximate surface area is 94.5 Å². The number of nitrogens with zero attached hydrogens (tertiary/aromatic N) is 3. The van der Waals surface area contributed by atoms with E-state index in [0.717, 1.165) is 24.5 Å². The van der Waals surface area contributed by atoms with E-state index in [2.05, 4.69) is 4.98 Å². The Balaban J connectivity index is 2.08. The van der Waals surface area contributed by atoms with E-state index in [-0.39, 0.29) is 5.78 Å². The second kappa shape index (κ2) is 4.35. The van der Waals surface area contributed by atoms with Crippen LogP contribution in [0.1, 0.15) is 23.2 Å². The zero-order valence-corrected chi connectivity index (χ0v) is 9.55. The van der Waals surface area contributed by atoms with Crippen LogP contribution in [-0.4, -0.2) is 19.9 Å². The lowest BCUT2D eigenvalue weighted by atomic mass is 10.3. The zero-order valence-electron chi connectivity index (χ0n) is 9.55. The molecule has 0 aliphatic heterocycles. The van der Waals surface area contributed by atoms with Gasteiger partial charge in [-0.05, 0) is 12.1 Å². The molecule has 0 bridgehead atoms. The normalized spacial score (nSPS) is 10.6. The summed E-state index contributed by atoms with van der Waals surface area (Å²) >= 11 is 0. The van der Waals surface area contributed by atoms with E-state index in [4.69, 9.17) is 0 Å². The first kappa shape index (κ1) is 10.7. The van der Waals surface area contributed by atoms with Gasteiger partial charge in [0.25, 0.3) is 0 Å². The minimum Gasteiger partial charge on any atom is -0.345 e. The summed E-state index contributed by atoms with van der Waals surface area (Å²) < 4.78 is 3.97. The fourth-order valence-corrected chi connectivity index (χ4v) is 1.79. The van der Waals surface area contributed by atoms with Crippen LogP contribution in [0.25, 0.3) is 0 Å². The van der Waals surface area contributed by atoms with Crippen molar-refractivity contribution >= 4 is 5.78 Å². The van der Waals surface area contributed by atoms with Crippen LogP contribution in [0, 0.1) is 0 Å². The first-order valence-corrected chi connectivity index (χ1v) is 5.31. The Bertz CT molecular complexity index is 496. The van der Waals surface area contributed by atoms with Crippen LogP contribution in [0.15, 0.2) is 30.7 Å². The lowest BCUT2D eigenvalue weighted by Crippen LogP contribution is -2.09. The maximum Gasteiger partial charge on any atom is 0.176 e. The standard InChI is InChI=1S/C12H15N3O/c1-10(16)11-4-3-7-15(11)8-5-12-13-6-9-14(12)2/h3-4,6-7,9H,5,8H2,1-2H3. The molecule has 0 saturated carbocycles. The SMILES string of the molecule is CC(=O)c1cccn1CCc1nccn1C. The van der Waals surface area contributed by atoms with E-state index in [9.17, 15) is 4.79 Å². The monoisotopic (exact) mass is 217 g/mol. The number of aryl methyl sites for hydroxylation is 3. The quantitative estimate of drug-likeness (QED) is 0.731. The second-order valence-corrected chi connectivity index (χ2v) is 3.85. The molecule has 0 saturated heterocycles. The van der Waals surface area contributed by atoms with E-state index >= 15 is 0 Å². The molecule has 0 aliphatic rings. The molecule has 2 heterocycles. The largest absolute Gasteiger partial charge is 0.345 e. The molecule has 0 fully saturated rings. The van der Waals surface area contributed by atoms with Crippen molar-refractivity contribution in [2.45, 2.75) is 19.9 Å².